The van der Waals surface area contributed by atoms with Crippen LogP contribution in [0.4, 0.5) is 0 Å². The number of carboxylic acids is 1. The van der Waals surface area contributed by atoms with Crippen molar-refractivity contribution in [3.63, 3.8) is 0 Å². The van der Waals surface area contributed by atoms with Crippen molar-refractivity contribution < 1.29 is 9.90 Å². The van der Waals surface area contributed by atoms with Gasteiger partial charge in [-0.2, -0.15) is 0 Å². The second kappa shape index (κ2) is 3.32. The number of fused-ring (bicyclic) bond motifs is 1. The van der Waals surface area contributed by atoms with Crippen molar-refractivity contribution in [1.29, 1.82) is 0 Å². The highest BCUT2D eigenvalue weighted by Gasteiger charge is 2.49. The molecule has 0 bridgehead atoms. The van der Waals surface area contributed by atoms with Gasteiger partial charge in [0.15, 0.2) is 0 Å². The second-order valence-corrected chi connectivity index (χ2v) is 4.83. The molecule has 0 spiro atoms. The van der Waals surface area contributed by atoms with Crippen LogP contribution in [0.3, 0.4) is 0 Å². The number of nitrogens with zero attached hydrogens (tertiary/aromatic N) is 2. The lowest BCUT2D eigenvalue weighted by Gasteiger charge is -2.27. The molecule has 1 heterocycles. The summed E-state index contributed by atoms with van der Waals surface area (Å²) in [4.78, 5) is 15.9. The molecule has 0 aliphatic heterocycles. The van der Waals surface area contributed by atoms with E-state index < -0.39 is 11.5 Å². The molecule has 0 radical (unpaired) electrons. The molecule has 1 aliphatic rings. The summed E-state index contributed by atoms with van der Waals surface area (Å²) in [7, 11) is 0. The van der Waals surface area contributed by atoms with Crippen molar-refractivity contribution in [3.05, 3.63) is 30.6 Å². The van der Waals surface area contributed by atoms with Gasteiger partial charge in [0.05, 0.1) is 17.4 Å². The molecular formula is C13H14N2O2. The van der Waals surface area contributed by atoms with Crippen molar-refractivity contribution in [2.45, 2.75) is 25.3 Å². The lowest BCUT2D eigenvalue weighted by molar-refractivity contribution is -0.147. The van der Waals surface area contributed by atoms with Gasteiger partial charge in [0, 0.05) is 0 Å². The van der Waals surface area contributed by atoms with Crippen LogP contribution in [-0.2, 0) is 10.3 Å². The van der Waals surface area contributed by atoms with E-state index in [1.54, 1.807) is 13.3 Å². The number of benzene rings is 1. The van der Waals surface area contributed by atoms with E-state index in [2.05, 4.69) is 4.98 Å². The maximum Gasteiger partial charge on any atom is 0.329 e. The summed E-state index contributed by atoms with van der Waals surface area (Å²) in [5.74, 6) is -0.555. The van der Waals surface area contributed by atoms with Crippen molar-refractivity contribution in [2.75, 3.05) is 0 Å². The Morgan fingerprint density at radius 3 is 2.82 bits per heavy atom. The predicted octanol–water partition coefficient (Wildman–Crippen LogP) is 2.25. The van der Waals surface area contributed by atoms with E-state index in [4.69, 9.17) is 0 Å². The van der Waals surface area contributed by atoms with Gasteiger partial charge in [-0.1, -0.05) is 12.1 Å². The van der Waals surface area contributed by atoms with Gasteiger partial charge in [0.25, 0.3) is 0 Å². The fourth-order valence-corrected chi connectivity index (χ4v) is 2.45. The summed E-state index contributed by atoms with van der Waals surface area (Å²) in [6.07, 6.45) is 3.61. The maximum atomic E-state index is 11.6. The summed E-state index contributed by atoms with van der Waals surface area (Å²) in [6.45, 7) is 1.79. The van der Waals surface area contributed by atoms with Gasteiger partial charge in [-0.15, -0.1) is 0 Å². The number of hydrogen-bond donors (Lipinski definition) is 1. The lowest BCUT2D eigenvalue weighted by Crippen LogP contribution is -2.40. The number of para-hydroxylation sites is 2. The molecule has 88 valence electrons. The number of carboxylic acid groups (broad SMARTS) is 1. The van der Waals surface area contributed by atoms with Crippen LogP contribution in [0.25, 0.3) is 11.0 Å². The summed E-state index contributed by atoms with van der Waals surface area (Å²) in [5, 5.41) is 9.53. The Balaban J connectivity index is 2.22. The standard InChI is InChI=1S/C13H14N2O2/c1-13(12(16)17,9-6-7-9)15-8-14-10-4-2-3-5-11(10)15/h2-5,8-9H,6-7H2,1H3,(H,16,17). The molecular weight excluding hydrogens is 216 g/mol. The fourth-order valence-electron chi connectivity index (χ4n) is 2.45. The van der Waals surface area contributed by atoms with Crippen LogP contribution in [0, 0.1) is 5.92 Å². The second-order valence-electron chi connectivity index (χ2n) is 4.83. The van der Waals surface area contributed by atoms with Gasteiger partial charge in [-0.05, 0) is 37.8 Å². The minimum Gasteiger partial charge on any atom is -0.479 e. The number of aromatic nitrogens is 2. The summed E-state index contributed by atoms with van der Waals surface area (Å²) in [5.41, 5.74) is 0.876. The third-order valence-corrected chi connectivity index (χ3v) is 3.76. The zero-order valence-corrected chi connectivity index (χ0v) is 9.63. The molecule has 2 aromatic rings. The van der Waals surface area contributed by atoms with Crippen LogP contribution in [0.15, 0.2) is 30.6 Å². The smallest absolute Gasteiger partial charge is 0.329 e. The van der Waals surface area contributed by atoms with E-state index >= 15 is 0 Å². The Morgan fingerprint density at radius 2 is 2.18 bits per heavy atom. The van der Waals surface area contributed by atoms with Crippen LogP contribution < -0.4 is 0 Å². The topological polar surface area (TPSA) is 55.1 Å². The van der Waals surface area contributed by atoms with Gasteiger partial charge in [-0.3, -0.25) is 0 Å². The van der Waals surface area contributed by atoms with Gasteiger partial charge >= 0.3 is 5.97 Å². The van der Waals surface area contributed by atoms with Crippen LogP contribution in [0.1, 0.15) is 19.8 Å². The predicted molar refractivity (Wildman–Crippen MR) is 63.7 cm³/mol. The molecule has 1 aliphatic carbocycles. The van der Waals surface area contributed by atoms with Crippen LogP contribution in [-0.4, -0.2) is 20.6 Å². The van der Waals surface area contributed by atoms with E-state index in [-0.39, 0.29) is 5.92 Å². The molecule has 4 heteroatoms. The van der Waals surface area contributed by atoms with Crippen LogP contribution >= 0.6 is 0 Å². The Labute approximate surface area is 98.9 Å². The first kappa shape index (κ1) is 10.3. The zero-order chi connectivity index (χ0) is 12.0. The normalized spacial score (nSPS) is 19.1. The van der Waals surface area contributed by atoms with Gasteiger partial charge in [0.1, 0.15) is 5.54 Å². The average molecular weight is 230 g/mol. The largest absolute Gasteiger partial charge is 0.479 e. The third-order valence-electron chi connectivity index (χ3n) is 3.76. The Hall–Kier alpha value is -1.84. The van der Waals surface area contributed by atoms with Gasteiger partial charge < -0.3 is 9.67 Å². The van der Waals surface area contributed by atoms with E-state index in [1.807, 2.05) is 28.8 Å². The fraction of sp³-hybridized carbons (Fsp3) is 0.385. The SMILES string of the molecule is CC(C(=O)O)(C1CC1)n1cnc2ccccc21. The number of aliphatic carboxylic acids is 1. The van der Waals surface area contributed by atoms with E-state index in [0.717, 1.165) is 23.9 Å². The quantitative estimate of drug-likeness (QED) is 0.879. The molecule has 0 saturated heterocycles. The number of rotatable bonds is 3. The summed E-state index contributed by atoms with van der Waals surface area (Å²) >= 11 is 0. The van der Waals surface area contributed by atoms with E-state index in [9.17, 15) is 9.90 Å². The molecule has 1 fully saturated rings. The highest BCUT2D eigenvalue weighted by Crippen LogP contribution is 2.45. The first-order chi connectivity index (χ1) is 8.14. The molecule has 4 nitrogen and oxygen atoms in total. The highest BCUT2D eigenvalue weighted by molar-refractivity contribution is 5.82. The lowest BCUT2D eigenvalue weighted by atomic mass is 9.95. The highest BCUT2D eigenvalue weighted by atomic mass is 16.4. The molecule has 17 heavy (non-hydrogen) atoms. The molecule has 0 amide bonds. The van der Waals surface area contributed by atoms with Crippen molar-refractivity contribution >= 4 is 17.0 Å². The average Bonchev–Trinajstić information content (AvgIpc) is 3.08. The van der Waals surface area contributed by atoms with Crippen LogP contribution in [0.2, 0.25) is 0 Å². The molecule has 1 aromatic heterocycles. The van der Waals surface area contributed by atoms with E-state index in [1.165, 1.54) is 0 Å². The molecule has 1 unspecified atom stereocenters. The minimum atomic E-state index is -0.865. The van der Waals surface area contributed by atoms with Crippen molar-refractivity contribution in [1.82, 2.24) is 9.55 Å². The number of carbonyl (C=O) groups is 1. The molecule has 3 rings (SSSR count). The number of imidazole rings is 1. The van der Waals surface area contributed by atoms with Crippen molar-refractivity contribution in [2.24, 2.45) is 5.92 Å². The zero-order valence-electron chi connectivity index (χ0n) is 9.63. The Morgan fingerprint density at radius 1 is 1.47 bits per heavy atom. The first-order valence-corrected chi connectivity index (χ1v) is 5.80. The molecule has 1 aromatic carbocycles. The Bertz CT molecular complexity index is 586. The maximum absolute atomic E-state index is 11.6. The minimum absolute atomic E-state index is 0.220. The monoisotopic (exact) mass is 230 g/mol. The first-order valence-electron chi connectivity index (χ1n) is 5.80. The molecule has 1 N–H and O–H groups in total. The van der Waals surface area contributed by atoms with Gasteiger partial charge in [0.2, 0.25) is 0 Å². The van der Waals surface area contributed by atoms with Crippen molar-refractivity contribution in [3.8, 4) is 0 Å². The summed E-state index contributed by atoms with van der Waals surface area (Å²) < 4.78 is 1.81. The Kier molecular flexibility index (Phi) is 2.02. The number of hydrogen-bond acceptors (Lipinski definition) is 2. The van der Waals surface area contributed by atoms with Gasteiger partial charge in [-0.25, -0.2) is 9.78 Å². The van der Waals surface area contributed by atoms with Crippen LogP contribution in [0.5, 0.6) is 0 Å². The van der Waals surface area contributed by atoms with E-state index in [0.29, 0.717) is 0 Å². The molecule has 1 saturated carbocycles. The molecule has 1 atom stereocenters. The third kappa shape index (κ3) is 1.37. The summed E-state index contributed by atoms with van der Waals surface area (Å²) in [6, 6.07) is 7.65.